The lowest BCUT2D eigenvalue weighted by atomic mass is 10.0. The van der Waals surface area contributed by atoms with Gasteiger partial charge in [0.2, 0.25) is 16.9 Å². The minimum Gasteiger partial charge on any atom is -0.340 e. The molecule has 0 bridgehead atoms. The molecule has 0 saturated carbocycles. The molecule has 0 radical (unpaired) electrons. The van der Waals surface area contributed by atoms with E-state index in [1.807, 2.05) is 4.90 Å². The number of anilines is 1. The van der Waals surface area contributed by atoms with Crippen LogP contribution in [0.25, 0.3) is 0 Å². The van der Waals surface area contributed by atoms with Crippen LogP contribution in [-0.2, 0) is 25.6 Å². The van der Waals surface area contributed by atoms with Gasteiger partial charge in [-0.15, -0.1) is 0 Å². The summed E-state index contributed by atoms with van der Waals surface area (Å²) in [6.45, 7) is 2.08. The van der Waals surface area contributed by atoms with E-state index in [-0.39, 0.29) is 41.1 Å². The van der Waals surface area contributed by atoms with Crippen molar-refractivity contribution >= 4 is 40.2 Å². The molecular weight excluding hydrogens is 366 g/mol. The molecule has 0 spiro atoms. The topological polar surface area (TPSA) is 95.6 Å². The minimum atomic E-state index is -0.725. The normalized spacial score (nSPS) is 23.3. The second kappa shape index (κ2) is 8.67. The number of hydrogen-bond donors (Lipinski definition) is 2. The Kier molecular flexibility index (Phi) is 6.28. The molecule has 1 aromatic rings. The summed E-state index contributed by atoms with van der Waals surface area (Å²) in [6, 6.07) is 6.38. The molecule has 1 aromatic carbocycles. The van der Waals surface area contributed by atoms with E-state index in [1.54, 1.807) is 24.3 Å². The fourth-order valence-corrected chi connectivity index (χ4v) is 4.37. The fraction of sp³-hybridized carbons (Fsp3) is 0.474. The number of likely N-dealkylation sites (tertiary alicyclic amines) is 1. The Morgan fingerprint density at radius 1 is 1.19 bits per heavy atom. The summed E-state index contributed by atoms with van der Waals surface area (Å²) in [5.74, 6) is -0.141. The maximum Gasteiger partial charge on any atom is 0.225 e. The van der Waals surface area contributed by atoms with Crippen LogP contribution in [-0.4, -0.2) is 52.1 Å². The maximum absolute atomic E-state index is 12.5. The zero-order valence-electron chi connectivity index (χ0n) is 15.2. The SMILES string of the molecule is CC(=O)Nc1ccc(CC(=O)NC2CCCCN2C2C(=O)CSC2=O)cc1. The van der Waals surface area contributed by atoms with Crippen molar-refractivity contribution in [1.29, 1.82) is 0 Å². The Hall–Kier alpha value is -2.19. The van der Waals surface area contributed by atoms with Crippen LogP contribution in [0.5, 0.6) is 0 Å². The van der Waals surface area contributed by atoms with Crippen LogP contribution in [0.1, 0.15) is 31.7 Å². The fourth-order valence-electron chi connectivity index (χ4n) is 3.50. The molecule has 2 fully saturated rings. The molecule has 2 aliphatic rings. The molecule has 8 heteroatoms. The summed E-state index contributed by atoms with van der Waals surface area (Å²) in [7, 11) is 0. The second-order valence-corrected chi connectivity index (χ2v) is 7.83. The van der Waals surface area contributed by atoms with Gasteiger partial charge in [0, 0.05) is 19.2 Å². The van der Waals surface area contributed by atoms with Gasteiger partial charge in [-0.1, -0.05) is 23.9 Å². The van der Waals surface area contributed by atoms with Crippen LogP contribution in [0.3, 0.4) is 0 Å². The third kappa shape index (κ3) is 4.95. The van der Waals surface area contributed by atoms with Gasteiger partial charge < -0.3 is 10.6 Å². The van der Waals surface area contributed by atoms with E-state index in [0.29, 0.717) is 12.2 Å². The van der Waals surface area contributed by atoms with Gasteiger partial charge in [-0.3, -0.25) is 24.1 Å². The third-order valence-corrected chi connectivity index (χ3v) is 5.66. The number of ketones is 1. The monoisotopic (exact) mass is 389 g/mol. The highest BCUT2D eigenvalue weighted by atomic mass is 32.2. The first-order valence-corrected chi connectivity index (χ1v) is 10.0. The molecule has 2 amide bonds. The molecule has 7 nitrogen and oxygen atoms in total. The molecular formula is C19H23N3O4S. The van der Waals surface area contributed by atoms with Crippen molar-refractivity contribution in [3.8, 4) is 0 Å². The van der Waals surface area contributed by atoms with Gasteiger partial charge in [-0.05, 0) is 37.0 Å². The Labute approximate surface area is 162 Å². The van der Waals surface area contributed by atoms with Gasteiger partial charge in [0.1, 0.15) is 6.04 Å². The number of Topliss-reactive ketones (excluding diaryl/α,β-unsaturated/α-hetero) is 1. The van der Waals surface area contributed by atoms with E-state index in [0.717, 1.165) is 36.6 Å². The Morgan fingerprint density at radius 3 is 2.56 bits per heavy atom. The van der Waals surface area contributed by atoms with Crippen molar-refractivity contribution in [1.82, 2.24) is 10.2 Å². The van der Waals surface area contributed by atoms with E-state index in [9.17, 15) is 19.2 Å². The van der Waals surface area contributed by atoms with Crippen LogP contribution < -0.4 is 10.6 Å². The molecule has 27 heavy (non-hydrogen) atoms. The van der Waals surface area contributed by atoms with Crippen LogP contribution in [0.4, 0.5) is 5.69 Å². The van der Waals surface area contributed by atoms with E-state index in [1.165, 1.54) is 6.92 Å². The summed E-state index contributed by atoms with van der Waals surface area (Å²) in [5.41, 5.74) is 1.51. The number of piperidine rings is 1. The number of amides is 2. The van der Waals surface area contributed by atoms with Crippen LogP contribution in [0, 0.1) is 0 Å². The van der Waals surface area contributed by atoms with Gasteiger partial charge >= 0.3 is 0 Å². The average molecular weight is 389 g/mol. The Balaban J connectivity index is 1.60. The number of hydrogen-bond acceptors (Lipinski definition) is 6. The number of nitrogens with zero attached hydrogens (tertiary/aromatic N) is 1. The van der Waals surface area contributed by atoms with Crippen molar-refractivity contribution in [2.24, 2.45) is 0 Å². The smallest absolute Gasteiger partial charge is 0.225 e. The largest absolute Gasteiger partial charge is 0.340 e. The van der Waals surface area contributed by atoms with Crippen molar-refractivity contribution in [2.45, 2.75) is 44.8 Å². The highest BCUT2D eigenvalue weighted by molar-refractivity contribution is 8.15. The first-order valence-electron chi connectivity index (χ1n) is 9.05. The van der Waals surface area contributed by atoms with E-state index in [4.69, 9.17) is 0 Å². The lowest BCUT2D eigenvalue weighted by Crippen LogP contribution is -2.57. The number of nitrogens with one attached hydrogen (secondary N) is 2. The summed E-state index contributed by atoms with van der Waals surface area (Å²) in [4.78, 5) is 49.6. The van der Waals surface area contributed by atoms with Gasteiger partial charge in [-0.25, -0.2) is 0 Å². The summed E-state index contributed by atoms with van der Waals surface area (Å²) >= 11 is 1.06. The molecule has 2 atom stereocenters. The summed E-state index contributed by atoms with van der Waals surface area (Å²) in [6.07, 6.45) is 2.51. The molecule has 2 aliphatic heterocycles. The van der Waals surface area contributed by atoms with Crippen molar-refractivity contribution in [2.75, 3.05) is 17.6 Å². The maximum atomic E-state index is 12.5. The Morgan fingerprint density at radius 2 is 1.93 bits per heavy atom. The van der Waals surface area contributed by atoms with Gasteiger partial charge in [0.05, 0.1) is 18.3 Å². The molecule has 2 N–H and O–H groups in total. The molecule has 2 saturated heterocycles. The van der Waals surface area contributed by atoms with E-state index < -0.39 is 6.04 Å². The lowest BCUT2D eigenvalue weighted by molar-refractivity contribution is -0.133. The zero-order valence-corrected chi connectivity index (χ0v) is 16.0. The van der Waals surface area contributed by atoms with Crippen LogP contribution in [0.2, 0.25) is 0 Å². The first-order chi connectivity index (χ1) is 12.9. The standard InChI is InChI=1S/C19H23N3O4S/c1-12(23)20-14-7-5-13(6-8-14)10-17(25)21-16-4-2-3-9-22(16)18-15(24)11-27-19(18)26/h5-8,16,18H,2-4,9-11H2,1H3,(H,20,23)(H,21,25). The van der Waals surface area contributed by atoms with Crippen molar-refractivity contribution in [3.63, 3.8) is 0 Å². The number of rotatable bonds is 5. The molecule has 0 aromatic heterocycles. The van der Waals surface area contributed by atoms with Crippen LogP contribution >= 0.6 is 11.8 Å². The highest BCUT2D eigenvalue weighted by Gasteiger charge is 2.42. The second-order valence-electron chi connectivity index (χ2n) is 6.85. The van der Waals surface area contributed by atoms with E-state index >= 15 is 0 Å². The molecule has 0 aliphatic carbocycles. The molecule has 144 valence electrons. The van der Waals surface area contributed by atoms with Gasteiger partial charge in [0.15, 0.2) is 5.78 Å². The average Bonchev–Trinajstić information content (AvgIpc) is 2.95. The van der Waals surface area contributed by atoms with Gasteiger partial charge in [0.25, 0.3) is 0 Å². The van der Waals surface area contributed by atoms with Crippen LogP contribution in [0.15, 0.2) is 24.3 Å². The molecule has 2 heterocycles. The van der Waals surface area contributed by atoms with Crippen molar-refractivity contribution < 1.29 is 19.2 Å². The predicted molar refractivity (Wildman–Crippen MR) is 103 cm³/mol. The minimum absolute atomic E-state index is 0.0697. The zero-order chi connectivity index (χ0) is 19.4. The van der Waals surface area contributed by atoms with Gasteiger partial charge in [-0.2, -0.15) is 0 Å². The first kappa shape index (κ1) is 19.6. The summed E-state index contributed by atoms with van der Waals surface area (Å²) < 4.78 is 0. The number of benzene rings is 1. The third-order valence-electron chi connectivity index (χ3n) is 4.73. The quantitative estimate of drug-likeness (QED) is 0.738. The summed E-state index contributed by atoms with van der Waals surface area (Å²) in [5, 5.41) is 5.55. The number of thioether (sulfide) groups is 1. The Bertz CT molecular complexity index is 734. The number of carbonyl (C=O) groups is 4. The number of carbonyl (C=O) groups excluding carboxylic acids is 4. The lowest BCUT2D eigenvalue weighted by Gasteiger charge is -2.38. The predicted octanol–water partition coefficient (Wildman–Crippen LogP) is 1.33. The van der Waals surface area contributed by atoms with Crippen molar-refractivity contribution in [3.05, 3.63) is 29.8 Å². The molecule has 3 rings (SSSR count). The molecule has 2 unspecified atom stereocenters. The highest BCUT2D eigenvalue weighted by Crippen LogP contribution is 2.27. The van der Waals surface area contributed by atoms with E-state index in [2.05, 4.69) is 10.6 Å².